The Hall–Kier alpha value is -3.02. The molecule has 1 saturated heterocycles. The first-order valence-electron chi connectivity index (χ1n) is 10.4. The maximum atomic E-state index is 14.6. The van der Waals surface area contributed by atoms with E-state index in [-0.39, 0.29) is 6.61 Å². The minimum absolute atomic E-state index is 0.153. The van der Waals surface area contributed by atoms with E-state index in [9.17, 15) is 23.6 Å². The molecule has 0 radical (unpaired) electrons. The van der Waals surface area contributed by atoms with Gasteiger partial charge in [0.2, 0.25) is 0 Å². The third-order valence-corrected chi connectivity index (χ3v) is 4.66. The van der Waals surface area contributed by atoms with E-state index < -0.39 is 59.9 Å². The number of esters is 2. The van der Waals surface area contributed by atoms with Crippen LogP contribution in [0.5, 0.6) is 0 Å². The Morgan fingerprint density at radius 2 is 1.81 bits per heavy atom. The van der Waals surface area contributed by atoms with Gasteiger partial charge in [-0.2, -0.15) is 4.98 Å². The van der Waals surface area contributed by atoms with Gasteiger partial charge in [0.25, 0.3) is 0 Å². The second kappa shape index (κ2) is 11.6. The molecule has 0 aromatic carbocycles. The Balaban J connectivity index is 2.17. The Bertz CT molecular complexity index is 890. The molecule has 2 rings (SSSR count). The van der Waals surface area contributed by atoms with Crippen LogP contribution < -0.4 is 11.0 Å². The van der Waals surface area contributed by atoms with Crippen molar-refractivity contribution in [1.29, 1.82) is 0 Å². The molecular weight excluding hydrogens is 429 g/mol. The van der Waals surface area contributed by atoms with Crippen molar-refractivity contribution in [3.63, 3.8) is 0 Å². The normalized spacial score (nSPS) is 22.3. The van der Waals surface area contributed by atoms with Crippen LogP contribution in [0.3, 0.4) is 0 Å². The smallest absolute Gasteiger partial charge is 0.412 e. The Morgan fingerprint density at radius 3 is 2.44 bits per heavy atom. The number of ether oxygens (including phenoxy) is 4. The molecule has 11 nitrogen and oxygen atoms in total. The van der Waals surface area contributed by atoms with Crippen LogP contribution in [0.25, 0.3) is 0 Å². The largest absolute Gasteiger partial charge is 0.456 e. The van der Waals surface area contributed by atoms with Gasteiger partial charge in [0, 0.05) is 13.8 Å². The van der Waals surface area contributed by atoms with Crippen molar-refractivity contribution in [1.82, 2.24) is 9.55 Å². The average Bonchev–Trinajstić information content (AvgIpc) is 2.98. The SMILES string of the molecule is CCCCCCOC(=O)Nc1nc(=O)n([C@@H]2O[C@H](C)[C@@H](OC(C)=O)[C@H]2OC(C)=O)cc1F. The number of nitrogens with zero attached hydrogens (tertiary/aromatic N) is 2. The summed E-state index contributed by atoms with van der Waals surface area (Å²) in [6.07, 6.45) is -0.875. The number of unbranched alkanes of at least 4 members (excludes halogenated alkanes) is 3. The lowest BCUT2D eigenvalue weighted by molar-refractivity contribution is -0.165. The summed E-state index contributed by atoms with van der Waals surface area (Å²) < 4.78 is 36.2. The molecule has 32 heavy (non-hydrogen) atoms. The van der Waals surface area contributed by atoms with E-state index in [4.69, 9.17) is 18.9 Å². The summed E-state index contributed by atoms with van der Waals surface area (Å²) in [7, 11) is 0. The fourth-order valence-corrected chi connectivity index (χ4v) is 3.24. The Kier molecular flexibility index (Phi) is 9.12. The molecule has 1 aliphatic rings. The molecule has 0 unspecified atom stereocenters. The summed E-state index contributed by atoms with van der Waals surface area (Å²) in [5.41, 5.74) is -0.984. The number of carbonyl (C=O) groups is 3. The molecule has 4 atom stereocenters. The van der Waals surface area contributed by atoms with E-state index in [1.54, 1.807) is 6.92 Å². The van der Waals surface area contributed by atoms with Gasteiger partial charge in [0.05, 0.1) is 18.9 Å². The average molecular weight is 457 g/mol. The van der Waals surface area contributed by atoms with Gasteiger partial charge >= 0.3 is 23.7 Å². The minimum Gasteiger partial charge on any atom is -0.456 e. The van der Waals surface area contributed by atoms with Gasteiger partial charge in [0.15, 0.2) is 30.1 Å². The van der Waals surface area contributed by atoms with Crippen LogP contribution in [0.1, 0.15) is 59.6 Å². The topological polar surface area (TPSA) is 135 Å². The van der Waals surface area contributed by atoms with Gasteiger partial charge < -0.3 is 18.9 Å². The third-order valence-electron chi connectivity index (χ3n) is 4.66. The van der Waals surface area contributed by atoms with Gasteiger partial charge in [-0.05, 0) is 13.3 Å². The third kappa shape index (κ3) is 6.74. The molecule has 0 aliphatic carbocycles. The molecule has 12 heteroatoms. The molecule has 1 N–H and O–H groups in total. The molecule has 2 heterocycles. The van der Waals surface area contributed by atoms with Crippen LogP contribution in [0, 0.1) is 5.82 Å². The fourth-order valence-electron chi connectivity index (χ4n) is 3.24. The summed E-state index contributed by atoms with van der Waals surface area (Å²) in [6.45, 7) is 6.05. The highest BCUT2D eigenvalue weighted by Gasteiger charge is 2.48. The monoisotopic (exact) mass is 457 g/mol. The molecule has 1 amide bonds. The lowest BCUT2D eigenvalue weighted by atomic mass is 10.1. The molecule has 1 aromatic heterocycles. The summed E-state index contributed by atoms with van der Waals surface area (Å²) in [5, 5.41) is 2.09. The maximum Gasteiger partial charge on any atom is 0.412 e. The van der Waals surface area contributed by atoms with Gasteiger partial charge in [0.1, 0.15) is 0 Å². The molecule has 0 saturated carbocycles. The van der Waals surface area contributed by atoms with Gasteiger partial charge in [-0.15, -0.1) is 0 Å². The predicted octanol–water partition coefficient (Wildman–Crippen LogP) is 2.29. The van der Waals surface area contributed by atoms with Crippen LogP contribution in [-0.2, 0) is 28.5 Å². The number of anilines is 1. The van der Waals surface area contributed by atoms with Gasteiger partial charge in [-0.1, -0.05) is 26.2 Å². The van der Waals surface area contributed by atoms with Gasteiger partial charge in [-0.25, -0.2) is 14.0 Å². The van der Waals surface area contributed by atoms with Gasteiger partial charge in [-0.3, -0.25) is 19.5 Å². The highest BCUT2D eigenvalue weighted by molar-refractivity contribution is 5.83. The summed E-state index contributed by atoms with van der Waals surface area (Å²) in [6, 6.07) is 0. The van der Waals surface area contributed by atoms with E-state index >= 15 is 0 Å². The van der Waals surface area contributed by atoms with Crippen molar-refractivity contribution < 1.29 is 37.7 Å². The van der Waals surface area contributed by atoms with Crippen LogP contribution >= 0.6 is 0 Å². The number of amides is 1. The summed E-state index contributed by atoms with van der Waals surface area (Å²) in [5.74, 6) is -3.01. The minimum atomic E-state index is -1.30. The van der Waals surface area contributed by atoms with E-state index in [0.29, 0.717) is 6.42 Å². The van der Waals surface area contributed by atoms with Crippen LogP contribution in [0.4, 0.5) is 15.0 Å². The highest BCUT2D eigenvalue weighted by Crippen LogP contribution is 2.33. The van der Waals surface area contributed by atoms with Crippen LogP contribution in [0.15, 0.2) is 11.0 Å². The zero-order chi connectivity index (χ0) is 23.8. The molecule has 178 valence electrons. The lowest BCUT2D eigenvalue weighted by Crippen LogP contribution is -2.40. The zero-order valence-corrected chi connectivity index (χ0v) is 18.5. The first-order valence-corrected chi connectivity index (χ1v) is 10.4. The quantitative estimate of drug-likeness (QED) is 0.336. The number of rotatable bonds is 9. The fraction of sp³-hybridized carbons (Fsp3) is 0.650. The Labute approximate surface area is 184 Å². The van der Waals surface area contributed by atoms with Crippen molar-refractivity contribution in [2.75, 3.05) is 11.9 Å². The standard InChI is InChI=1S/C20H28FN3O8/c1-5-6-7-8-9-29-20(28)23-17-14(21)10-24(19(27)22-17)18-16(32-13(4)26)15(11(2)30-18)31-12(3)25/h10-11,15-16,18H,5-9H2,1-4H3,(H,22,23,27,28)/t11-,15-,16-,18-/m1/s1. The Morgan fingerprint density at radius 1 is 1.16 bits per heavy atom. The van der Waals surface area contributed by atoms with E-state index in [2.05, 4.69) is 10.3 Å². The number of hydrogen-bond acceptors (Lipinski definition) is 9. The van der Waals surface area contributed by atoms with E-state index in [1.807, 2.05) is 6.92 Å². The van der Waals surface area contributed by atoms with Crippen molar-refractivity contribution in [2.45, 2.75) is 77.9 Å². The maximum absolute atomic E-state index is 14.6. The summed E-state index contributed by atoms with van der Waals surface area (Å²) in [4.78, 5) is 50.8. The lowest BCUT2D eigenvalue weighted by Gasteiger charge is -2.23. The van der Waals surface area contributed by atoms with Crippen molar-refractivity contribution in [3.05, 3.63) is 22.5 Å². The zero-order valence-electron chi connectivity index (χ0n) is 18.5. The second-order valence-electron chi connectivity index (χ2n) is 7.33. The van der Waals surface area contributed by atoms with Crippen molar-refractivity contribution in [3.8, 4) is 0 Å². The molecule has 1 aliphatic heterocycles. The predicted molar refractivity (Wildman–Crippen MR) is 108 cm³/mol. The summed E-state index contributed by atoms with van der Waals surface area (Å²) >= 11 is 0. The number of hydrogen-bond donors (Lipinski definition) is 1. The van der Waals surface area contributed by atoms with E-state index in [0.717, 1.165) is 37.0 Å². The van der Waals surface area contributed by atoms with Crippen molar-refractivity contribution in [2.24, 2.45) is 0 Å². The van der Waals surface area contributed by atoms with E-state index in [1.165, 1.54) is 6.92 Å². The molecular formula is C20H28FN3O8. The second-order valence-corrected chi connectivity index (χ2v) is 7.33. The number of carbonyl (C=O) groups excluding carboxylic acids is 3. The molecule has 0 spiro atoms. The van der Waals surface area contributed by atoms with Crippen LogP contribution in [-0.4, -0.2) is 52.5 Å². The molecule has 1 aromatic rings. The number of aromatic nitrogens is 2. The van der Waals surface area contributed by atoms with Crippen LogP contribution in [0.2, 0.25) is 0 Å². The van der Waals surface area contributed by atoms with Crippen molar-refractivity contribution >= 4 is 23.8 Å². The number of halogens is 1. The number of nitrogens with one attached hydrogen (secondary N) is 1. The molecule has 1 fully saturated rings. The molecule has 0 bridgehead atoms. The first-order chi connectivity index (χ1) is 15.1. The highest BCUT2D eigenvalue weighted by atomic mass is 19.1. The first kappa shape index (κ1) is 25.2.